The highest BCUT2D eigenvalue weighted by atomic mass is 32.2. The number of rotatable bonds is 6. The summed E-state index contributed by atoms with van der Waals surface area (Å²) in [5.74, 6) is -0.478. The lowest BCUT2D eigenvalue weighted by Gasteiger charge is -2.05. The Labute approximate surface area is 179 Å². The van der Waals surface area contributed by atoms with Crippen molar-refractivity contribution in [2.45, 2.75) is 5.16 Å². The standard InChI is InChI=1S/C20H15F2N5OS2/c1-27-18(14-4-2-3-5-15(14)22)25-26-20(27)30-11-17(28)24-19-23-16(10-29-19)12-6-8-13(21)9-7-12/h2-10H,11H2,1H3,(H,23,24,28). The summed E-state index contributed by atoms with van der Waals surface area (Å²) < 4.78 is 28.7. The van der Waals surface area contributed by atoms with Crippen LogP contribution in [0.3, 0.4) is 0 Å². The monoisotopic (exact) mass is 443 g/mol. The number of thiazole rings is 1. The van der Waals surface area contributed by atoms with Gasteiger partial charge >= 0.3 is 0 Å². The van der Waals surface area contributed by atoms with Crippen LogP contribution in [0.25, 0.3) is 22.6 Å². The second-order valence-electron chi connectivity index (χ2n) is 6.23. The molecule has 0 radical (unpaired) electrons. The van der Waals surface area contributed by atoms with Gasteiger partial charge in [-0.2, -0.15) is 0 Å². The summed E-state index contributed by atoms with van der Waals surface area (Å²) in [6, 6.07) is 12.3. The number of benzene rings is 2. The van der Waals surface area contributed by atoms with Crippen LogP contribution in [-0.2, 0) is 11.8 Å². The second-order valence-corrected chi connectivity index (χ2v) is 8.03. The van der Waals surface area contributed by atoms with Gasteiger partial charge in [0, 0.05) is 18.0 Å². The van der Waals surface area contributed by atoms with Crippen LogP contribution >= 0.6 is 23.1 Å². The number of aromatic nitrogens is 4. The Morgan fingerprint density at radius 3 is 2.67 bits per heavy atom. The van der Waals surface area contributed by atoms with Crippen LogP contribution in [0.1, 0.15) is 0 Å². The van der Waals surface area contributed by atoms with E-state index in [4.69, 9.17) is 0 Å². The maximum absolute atomic E-state index is 14.0. The van der Waals surface area contributed by atoms with Crippen molar-refractivity contribution in [3.8, 4) is 22.6 Å². The van der Waals surface area contributed by atoms with E-state index in [0.29, 0.717) is 27.4 Å². The molecule has 10 heteroatoms. The van der Waals surface area contributed by atoms with Gasteiger partial charge < -0.3 is 9.88 Å². The molecule has 6 nitrogen and oxygen atoms in total. The molecule has 2 aromatic heterocycles. The molecule has 1 N–H and O–H groups in total. The molecular formula is C20H15F2N5OS2. The van der Waals surface area contributed by atoms with Crippen LogP contribution in [0.5, 0.6) is 0 Å². The van der Waals surface area contributed by atoms with Gasteiger partial charge in [-0.25, -0.2) is 13.8 Å². The first-order chi connectivity index (χ1) is 14.5. The molecule has 0 bridgehead atoms. The predicted molar refractivity (Wildman–Crippen MR) is 113 cm³/mol. The highest BCUT2D eigenvalue weighted by Gasteiger charge is 2.16. The zero-order chi connectivity index (χ0) is 21.1. The maximum atomic E-state index is 14.0. The van der Waals surface area contributed by atoms with Crippen LogP contribution in [0.2, 0.25) is 0 Å². The highest BCUT2D eigenvalue weighted by molar-refractivity contribution is 7.99. The van der Waals surface area contributed by atoms with Gasteiger partial charge in [0.15, 0.2) is 16.1 Å². The number of hydrogen-bond donors (Lipinski definition) is 1. The third-order valence-electron chi connectivity index (χ3n) is 4.17. The minimum absolute atomic E-state index is 0.0920. The van der Waals surface area contributed by atoms with Gasteiger partial charge in [0.2, 0.25) is 5.91 Å². The van der Waals surface area contributed by atoms with Gasteiger partial charge in [0.1, 0.15) is 11.6 Å². The fourth-order valence-corrected chi connectivity index (χ4v) is 4.13. The van der Waals surface area contributed by atoms with Crippen molar-refractivity contribution < 1.29 is 13.6 Å². The largest absolute Gasteiger partial charge is 0.305 e. The number of anilines is 1. The van der Waals surface area contributed by atoms with Crippen molar-refractivity contribution >= 4 is 34.1 Å². The van der Waals surface area contributed by atoms with E-state index in [0.717, 1.165) is 5.56 Å². The topological polar surface area (TPSA) is 72.7 Å². The molecule has 0 atom stereocenters. The number of nitrogens with one attached hydrogen (secondary N) is 1. The lowest BCUT2D eigenvalue weighted by Crippen LogP contribution is -2.14. The van der Waals surface area contributed by atoms with Crippen molar-refractivity contribution in [1.82, 2.24) is 19.7 Å². The molecule has 0 spiro atoms. The Kier molecular flexibility index (Phi) is 5.86. The fourth-order valence-electron chi connectivity index (χ4n) is 2.69. The van der Waals surface area contributed by atoms with E-state index < -0.39 is 0 Å². The van der Waals surface area contributed by atoms with Crippen molar-refractivity contribution in [1.29, 1.82) is 0 Å². The Hall–Kier alpha value is -3.11. The summed E-state index contributed by atoms with van der Waals surface area (Å²) in [5.41, 5.74) is 1.77. The number of halogens is 2. The molecule has 0 unspecified atom stereocenters. The van der Waals surface area contributed by atoms with Crippen molar-refractivity contribution in [3.05, 3.63) is 65.5 Å². The van der Waals surface area contributed by atoms with Gasteiger partial charge in [-0.15, -0.1) is 21.5 Å². The summed E-state index contributed by atoms with van der Waals surface area (Å²) in [4.78, 5) is 16.6. The van der Waals surface area contributed by atoms with E-state index in [1.165, 1.54) is 41.3 Å². The van der Waals surface area contributed by atoms with E-state index >= 15 is 0 Å². The second kappa shape index (κ2) is 8.72. The van der Waals surface area contributed by atoms with Crippen LogP contribution in [0.4, 0.5) is 13.9 Å². The maximum Gasteiger partial charge on any atom is 0.236 e. The number of nitrogens with zero attached hydrogens (tertiary/aromatic N) is 4. The molecule has 0 aliphatic rings. The van der Waals surface area contributed by atoms with E-state index in [-0.39, 0.29) is 23.3 Å². The Bertz CT molecular complexity index is 1190. The van der Waals surface area contributed by atoms with E-state index in [9.17, 15) is 13.6 Å². The number of carbonyl (C=O) groups excluding carboxylic acids is 1. The summed E-state index contributed by atoms with van der Waals surface area (Å²) in [7, 11) is 1.72. The van der Waals surface area contributed by atoms with E-state index in [1.807, 2.05) is 0 Å². The fraction of sp³-hybridized carbons (Fsp3) is 0.100. The molecule has 2 heterocycles. The third kappa shape index (κ3) is 4.39. The molecular weight excluding hydrogens is 428 g/mol. The van der Waals surface area contributed by atoms with Crippen molar-refractivity contribution in [2.24, 2.45) is 7.05 Å². The molecule has 2 aromatic carbocycles. The first kappa shape index (κ1) is 20.2. The number of thioether (sulfide) groups is 1. The van der Waals surface area contributed by atoms with Gasteiger partial charge in [0.05, 0.1) is 17.0 Å². The molecule has 0 aliphatic heterocycles. The van der Waals surface area contributed by atoms with Crippen LogP contribution in [-0.4, -0.2) is 31.4 Å². The summed E-state index contributed by atoms with van der Waals surface area (Å²) in [6.07, 6.45) is 0. The molecule has 0 saturated heterocycles. The number of hydrogen-bond acceptors (Lipinski definition) is 6. The van der Waals surface area contributed by atoms with E-state index in [1.54, 1.807) is 47.3 Å². The molecule has 0 aliphatic carbocycles. The average molecular weight is 444 g/mol. The summed E-state index contributed by atoms with van der Waals surface area (Å²) in [5, 5.41) is 13.6. The average Bonchev–Trinajstić information content (AvgIpc) is 3.34. The smallest absolute Gasteiger partial charge is 0.236 e. The number of carbonyl (C=O) groups is 1. The zero-order valence-corrected chi connectivity index (χ0v) is 17.3. The SMILES string of the molecule is Cn1c(SCC(=O)Nc2nc(-c3ccc(F)cc3)cs2)nnc1-c1ccccc1F. The first-order valence-electron chi connectivity index (χ1n) is 8.79. The molecule has 0 saturated carbocycles. The Balaban J connectivity index is 1.38. The zero-order valence-electron chi connectivity index (χ0n) is 15.7. The summed E-state index contributed by atoms with van der Waals surface area (Å²) >= 11 is 2.47. The third-order valence-corrected chi connectivity index (χ3v) is 5.95. The minimum atomic E-state index is -0.386. The van der Waals surface area contributed by atoms with E-state index in [2.05, 4.69) is 20.5 Å². The predicted octanol–water partition coefficient (Wildman–Crippen LogP) is 4.61. The van der Waals surface area contributed by atoms with Crippen LogP contribution < -0.4 is 5.32 Å². The van der Waals surface area contributed by atoms with Crippen molar-refractivity contribution in [3.63, 3.8) is 0 Å². The lowest BCUT2D eigenvalue weighted by atomic mass is 10.2. The van der Waals surface area contributed by atoms with Gasteiger partial charge in [-0.1, -0.05) is 23.9 Å². The Morgan fingerprint density at radius 2 is 1.90 bits per heavy atom. The molecule has 4 aromatic rings. The molecule has 152 valence electrons. The molecule has 1 amide bonds. The first-order valence-corrected chi connectivity index (χ1v) is 10.7. The normalized spacial score (nSPS) is 10.9. The Morgan fingerprint density at radius 1 is 1.13 bits per heavy atom. The minimum Gasteiger partial charge on any atom is -0.305 e. The highest BCUT2D eigenvalue weighted by Crippen LogP contribution is 2.27. The lowest BCUT2D eigenvalue weighted by molar-refractivity contribution is -0.113. The molecule has 0 fully saturated rings. The summed E-state index contributed by atoms with van der Waals surface area (Å²) in [6.45, 7) is 0. The van der Waals surface area contributed by atoms with Gasteiger partial charge in [0.25, 0.3) is 0 Å². The quantitative estimate of drug-likeness (QED) is 0.441. The van der Waals surface area contributed by atoms with Crippen LogP contribution in [0.15, 0.2) is 59.1 Å². The van der Waals surface area contributed by atoms with Crippen LogP contribution in [0, 0.1) is 11.6 Å². The van der Waals surface area contributed by atoms with Gasteiger partial charge in [-0.05, 0) is 36.4 Å². The molecule has 30 heavy (non-hydrogen) atoms. The van der Waals surface area contributed by atoms with Gasteiger partial charge in [-0.3, -0.25) is 4.79 Å². The van der Waals surface area contributed by atoms with Crippen molar-refractivity contribution in [2.75, 3.05) is 11.1 Å². The number of amides is 1. The molecule has 4 rings (SSSR count).